The second kappa shape index (κ2) is 5.70. The van der Waals surface area contributed by atoms with Gasteiger partial charge in [-0.2, -0.15) is 0 Å². The summed E-state index contributed by atoms with van der Waals surface area (Å²) in [6, 6.07) is 7.96. The Hall–Kier alpha value is -2.77. The fourth-order valence-corrected chi connectivity index (χ4v) is 1.56. The van der Waals surface area contributed by atoms with E-state index in [1.54, 1.807) is 0 Å². The highest BCUT2D eigenvalue weighted by atomic mass is 19.4. The molecular weight excluding hydrogens is 289 g/mol. The maximum absolute atomic E-state index is 12.1. The number of nitrogens with zero attached hydrogens (tertiary/aromatic N) is 1. The molecule has 0 spiro atoms. The molecule has 2 aromatic rings. The minimum absolute atomic E-state index is 0.178. The molecule has 2 rings (SSSR count). The third kappa shape index (κ3) is 4.37. The summed E-state index contributed by atoms with van der Waals surface area (Å²) < 4.78 is 40.2. The van der Waals surface area contributed by atoms with Gasteiger partial charge < -0.3 is 15.2 Å². The zero-order chi connectivity index (χ0) is 15.5. The Bertz CT molecular complexity index is 659. The maximum Gasteiger partial charge on any atom is 0.573 e. The van der Waals surface area contributed by atoms with E-state index in [0.717, 1.165) is 12.1 Å². The number of hydrogen-bond acceptors (Lipinski definition) is 4. The van der Waals surface area contributed by atoms with Gasteiger partial charge in [0, 0.05) is 23.6 Å². The van der Waals surface area contributed by atoms with E-state index in [1.165, 1.54) is 30.5 Å². The zero-order valence-corrected chi connectivity index (χ0v) is 10.4. The molecular formula is C13H9F3N2O3. The molecule has 1 aromatic carbocycles. The molecule has 0 saturated carbocycles. The third-order valence-corrected chi connectivity index (χ3v) is 2.34. The van der Waals surface area contributed by atoms with Crippen LogP contribution in [-0.2, 0) is 0 Å². The lowest BCUT2D eigenvalue weighted by Gasteiger charge is -2.11. The van der Waals surface area contributed by atoms with E-state index in [9.17, 15) is 18.0 Å². The normalized spacial score (nSPS) is 11.0. The van der Waals surface area contributed by atoms with Crippen LogP contribution in [0.1, 0.15) is 10.5 Å². The summed E-state index contributed by atoms with van der Waals surface area (Å²) in [5, 5.41) is 11.6. The molecule has 0 atom stereocenters. The molecule has 0 amide bonds. The summed E-state index contributed by atoms with van der Waals surface area (Å²) in [6.45, 7) is 0. The lowest BCUT2D eigenvalue weighted by atomic mass is 10.2. The monoisotopic (exact) mass is 298 g/mol. The van der Waals surface area contributed by atoms with E-state index in [0.29, 0.717) is 11.4 Å². The molecule has 1 aromatic heterocycles. The quantitative estimate of drug-likeness (QED) is 0.905. The van der Waals surface area contributed by atoms with Crippen molar-refractivity contribution < 1.29 is 27.8 Å². The van der Waals surface area contributed by atoms with Crippen LogP contribution in [0.15, 0.2) is 42.6 Å². The Kier molecular flexibility index (Phi) is 3.97. The Labute approximate surface area is 117 Å². The minimum atomic E-state index is -4.77. The number of rotatable bonds is 4. The number of alkyl halides is 3. The first kappa shape index (κ1) is 14.6. The SMILES string of the molecule is O=C(O)c1cc(Nc2cccc(OC(F)(F)F)c2)ccn1. The molecule has 0 bridgehead atoms. The fraction of sp³-hybridized carbons (Fsp3) is 0.0769. The highest BCUT2D eigenvalue weighted by Gasteiger charge is 2.31. The summed E-state index contributed by atoms with van der Waals surface area (Å²) in [4.78, 5) is 14.4. The van der Waals surface area contributed by atoms with Gasteiger partial charge in [0.25, 0.3) is 0 Å². The van der Waals surface area contributed by atoms with Gasteiger partial charge in [-0.25, -0.2) is 9.78 Å². The van der Waals surface area contributed by atoms with Crippen LogP contribution in [-0.4, -0.2) is 22.4 Å². The lowest BCUT2D eigenvalue weighted by Crippen LogP contribution is -2.17. The van der Waals surface area contributed by atoms with Crippen molar-refractivity contribution in [3.8, 4) is 5.75 Å². The number of carbonyl (C=O) groups is 1. The van der Waals surface area contributed by atoms with Crippen LogP contribution >= 0.6 is 0 Å². The Morgan fingerprint density at radius 1 is 1.19 bits per heavy atom. The van der Waals surface area contributed by atoms with Crippen molar-refractivity contribution in [2.24, 2.45) is 0 Å². The van der Waals surface area contributed by atoms with Crippen molar-refractivity contribution in [1.29, 1.82) is 0 Å². The number of benzene rings is 1. The average molecular weight is 298 g/mol. The molecule has 0 fully saturated rings. The molecule has 0 aliphatic heterocycles. The number of hydrogen-bond donors (Lipinski definition) is 2. The van der Waals surface area contributed by atoms with Crippen LogP contribution in [0.5, 0.6) is 5.75 Å². The lowest BCUT2D eigenvalue weighted by molar-refractivity contribution is -0.274. The van der Waals surface area contributed by atoms with E-state index in [1.807, 2.05) is 0 Å². The fourth-order valence-electron chi connectivity index (χ4n) is 1.56. The van der Waals surface area contributed by atoms with Crippen molar-refractivity contribution in [2.45, 2.75) is 6.36 Å². The highest BCUT2D eigenvalue weighted by Crippen LogP contribution is 2.26. The van der Waals surface area contributed by atoms with E-state index in [-0.39, 0.29) is 11.4 Å². The van der Waals surface area contributed by atoms with E-state index >= 15 is 0 Å². The first-order chi connectivity index (χ1) is 9.83. The molecule has 0 aliphatic carbocycles. The van der Waals surface area contributed by atoms with Crippen molar-refractivity contribution in [1.82, 2.24) is 4.98 Å². The topological polar surface area (TPSA) is 71.5 Å². The van der Waals surface area contributed by atoms with Gasteiger partial charge in [0.15, 0.2) is 0 Å². The van der Waals surface area contributed by atoms with Crippen molar-refractivity contribution in [3.05, 3.63) is 48.3 Å². The molecule has 2 N–H and O–H groups in total. The summed E-state index contributed by atoms with van der Waals surface area (Å²) in [7, 11) is 0. The van der Waals surface area contributed by atoms with Gasteiger partial charge in [-0.1, -0.05) is 6.07 Å². The second-order valence-corrected chi connectivity index (χ2v) is 3.94. The van der Waals surface area contributed by atoms with E-state index in [4.69, 9.17) is 5.11 Å². The Balaban J connectivity index is 2.18. The standard InChI is InChI=1S/C13H9F3N2O3/c14-13(15,16)21-10-3-1-2-8(6-10)18-9-4-5-17-11(7-9)12(19)20/h1-7H,(H,17,18)(H,19,20). The summed E-state index contributed by atoms with van der Waals surface area (Å²) in [5.41, 5.74) is 0.522. The Morgan fingerprint density at radius 3 is 2.57 bits per heavy atom. The van der Waals surface area contributed by atoms with Crippen LogP contribution < -0.4 is 10.1 Å². The number of carboxylic acids is 1. The summed E-state index contributed by atoms with van der Waals surface area (Å²) >= 11 is 0. The zero-order valence-electron chi connectivity index (χ0n) is 10.4. The molecule has 5 nitrogen and oxygen atoms in total. The minimum Gasteiger partial charge on any atom is -0.477 e. The molecule has 21 heavy (non-hydrogen) atoms. The maximum atomic E-state index is 12.1. The van der Waals surface area contributed by atoms with Gasteiger partial charge in [-0.3, -0.25) is 0 Å². The smallest absolute Gasteiger partial charge is 0.477 e. The number of ether oxygens (including phenoxy) is 1. The third-order valence-electron chi connectivity index (χ3n) is 2.34. The van der Waals surface area contributed by atoms with Gasteiger partial charge in [-0.15, -0.1) is 13.2 Å². The summed E-state index contributed by atoms with van der Waals surface area (Å²) in [5.74, 6) is -1.58. The number of halogens is 3. The number of carboxylic acid groups (broad SMARTS) is 1. The number of pyridine rings is 1. The van der Waals surface area contributed by atoms with Crippen LogP contribution in [0.2, 0.25) is 0 Å². The first-order valence-corrected chi connectivity index (χ1v) is 5.66. The second-order valence-electron chi connectivity index (χ2n) is 3.94. The van der Waals surface area contributed by atoms with Gasteiger partial charge in [0.1, 0.15) is 11.4 Å². The predicted octanol–water partition coefficient (Wildman–Crippen LogP) is 3.42. The Morgan fingerprint density at radius 2 is 1.90 bits per heavy atom. The van der Waals surface area contributed by atoms with E-state index in [2.05, 4.69) is 15.0 Å². The summed E-state index contributed by atoms with van der Waals surface area (Å²) in [6.07, 6.45) is -3.49. The number of aromatic nitrogens is 1. The highest BCUT2D eigenvalue weighted by molar-refractivity contribution is 5.86. The van der Waals surface area contributed by atoms with Gasteiger partial charge in [0.05, 0.1) is 0 Å². The van der Waals surface area contributed by atoms with Crippen LogP contribution in [0, 0.1) is 0 Å². The van der Waals surface area contributed by atoms with Gasteiger partial charge in [-0.05, 0) is 24.3 Å². The molecule has 110 valence electrons. The number of aromatic carboxylic acids is 1. The molecule has 0 saturated heterocycles. The van der Waals surface area contributed by atoms with Crippen LogP contribution in [0.4, 0.5) is 24.5 Å². The van der Waals surface area contributed by atoms with Crippen molar-refractivity contribution >= 4 is 17.3 Å². The number of anilines is 2. The largest absolute Gasteiger partial charge is 0.573 e. The first-order valence-electron chi connectivity index (χ1n) is 5.66. The van der Waals surface area contributed by atoms with Gasteiger partial charge in [0.2, 0.25) is 0 Å². The average Bonchev–Trinajstić information content (AvgIpc) is 2.37. The van der Waals surface area contributed by atoms with Crippen LogP contribution in [0.3, 0.4) is 0 Å². The van der Waals surface area contributed by atoms with Crippen molar-refractivity contribution in [2.75, 3.05) is 5.32 Å². The van der Waals surface area contributed by atoms with Crippen LogP contribution in [0.25, 0.3) is 0 Å². The molecule has 0 unspecified atom stereocenters. The predicted molar refractivity (Wildman–Crippen MR) is 67.6 cm³/mol. The molecule has 8 heteroatoms. The molecule has 1 heterocycles. The van der Waals surface area contributed by atoms with Gasteiger partial charge >= 0.3 is 12.3 Å². The molecule has 0 aliphatic rings. The molecule has 0 radical (unpaired) electrons. The number of nitrogens with one attached hydrogen (secondary N) is 1. The van der Waals surface area contributed by atoms with E-state index < -0.39 is 12.3 Å². The van der Waals surface area contributed by atoms with Crippen molar-refractivity contribution in [3.63, 3.8) is 0 Å².